The lowest BCUT2D eigenvalue weighted by Gasteiger charge is -2.27. The quantitative estimate of drug-likeness (QED) is 0.0468. The van der Waals surface area contributed by atoms with Crippen LogP contribution >= 0.6 is 0 Å². The molecule has 1 unspecified atom stereocenters. The summed E-state index contributed by atoms with van der Waals surface area (Å²) in [7, 11) is 0. The second-order valence-electron chi connectivity index (χ2n) is 12.6. The molecule has 0 radical (unpaired) electrons. The first-order valence-electron chi connectivity index (χ1n) is 17.9. The zero-order chi connectivity index (χ0) is 30.4. The van der Waals surface area contributed by atoms with Crippen LogP contribution in [0.3, 0.4) is 0 Å². The first kappa shape index (κ1) is 40.2. The number of Topliss-reactive ketones (excluding diaryl/α,β-unsaturated/α-hetero) is 1. The first-order valence-corrected chi connectivity index (χ1v) is 17.9. The molecule has 0 saturated heterocycles. The Morgan fingerprint density at radius 3 is 1.37 bits per heavy atom. The van der Waals surface area contributed by atoms with E-state index >= 15 is 0 Å². The lowest BCUT2D eigenvalue weighted by molar-refractivity contribution is -0.131. The number of carbonyl (C=O) groups is 1. The van der Waals surface area contributed by atoms with E-state index in [-0.39, 0.29) is 12.2 Å². The van der Waals surface area contributed by atoms with Crippen LogP contribution in [-0.4, -0.2) is 45.5 Å². The molecule has 0 aromatic heterocycles. The minimum Gasteiger partial charge on any atom is -0.390 e. The van der Waals surface area contributed by atoms with E-state index in [9.17, 15) is 20.1 Å². The highest BCUT2D eigenvalue weighted by Crippen LogP contribution is 2.16. The van der Waals surface area contributed by atoms with E-state index in [4.69, 9.17) is 5.73 Å². The number of ketones is 1. The molecule has 0 bridgehead atoms. The number of aliphatic hydroxyl groups is 3. The largest absolute Gasteiger partial charge is 0.390 e. The topological polar surface area (TPSA) is 104 Å². The summed E-state index contributed by atoms with van der Waals surface area (Å²) in [5.41, 5.74) is 5.97. The molecular formula is C36H71NO4. The normalized spacial score (nSPS) is 14.9. The van der Waals surface area contributed by atoms with Gasteiger partial charge in [0.2, 0.25) is 0 Å². The lowest BCUT2D eigenvalue weighted by Crippen LogP contribution is -2.52. The number of hydrogen-bond acceptors (Lipinski definition) is 5. The molecule has 5 N–H and O–H groups in total. The number of aliphatic hydroxyl groups excluding tert-OH is 3. The molecule has 0 spiro atoms. The third kappa shape index (κ3) is 25.5. The van der Waals surface area contributed by atoms with Gasteiger partial charge in [-0.1, -0.05) is 154 Å². The van der Waals surface area contributed by atoms with Crippen molar-refractivity contribution in [2.75, 3.05) is 0 Å². The summed E-state index contributed by atoms with van der Waals surface area (Å²) in [6.07, 6.45) is 32.0. The molecule has 4 atom stereocenters. The number of rotatable bonds is 32. The highest BCUT2D eigenvalue weighted by Gasteiger charge is 2.32. The molecule has 5 heteroatoms. The zero-order valence-corrected chi connectivity index (χ0v) is 27.4. The molecular weight excluding hydrogens is 510 g/mol. The van der Waals surface area contributed by atoms with Crippen molar-refractivity contribution in [3.05, 3.63) is 12.2 Å². The molecule has 0 aliphatic rings. The van der Waals surface area contributed by atoms with Crippen LogP contribution in [0.25, 0.3) is 0 Å². The van der Waals surface area contributed by atoms with Gasteiger partial charge in [0.25, 0.3) is 0 Å². The van der Waals surface area contributed by atoms with Crippen molar-refractivity contribution in [1.29, 1.82) is 0 Å². The average Bonchev–Trinajstić information content (AvgIpc) is 2.98. The first-order chi connectivity index (χ1) is 20.0. The van der Waals surface area contributed by atoms with Gasteiger partial charge in [0.05, 0.1) is 18.2 Å². The fourth-order valence-electron chi connectivity index (χ4n) is 5.54. The second-order valence-corrected chi connectivity index (χ2v) is 12.6. The molecule has 244 valence electrons. The summed E-state index contributed by atoms with van der Waals surface area (Å²) >= 11 is 0. The maximum absolute atomic E-state index is 12.4. The molecule has 0 aliphatic heterocycles. The van der Waals surface area contributed by atoms with Crippen molar-refractivity contribution in [3.63, 3.8) is 0 Å². The maximum atomic E-state index is 12.4. The van der Waals surface area contributed by atoms with Crippen molar-refractivity contribution in [3.8, 4) is 0 Å². The Labute approximate surface area is 255 Å². The van der Waals surface area contributed by atoms with E-state index in [1.54, 1.807) is 0 Å². The zero-order valence-electron chi connectivity index (χ0n) is 27.4. The van der Waals surface area contributed by atoms with Crippen molar-refractivity contribution in [1.82, 2.24) is 0 Å². The fourth-order valence-corrected chi connectivity index (χ4v) is 5.54. The van der Waals surface area contributed by atoms with Gasteiger partial charge in [-0.15, -0.1) is 0 Å². The third-order valence-corrected chi connectivity index (χ3v) is 8.52. The maximum Gasteiger partial charge on any atom is 0.162 e. The Morgan fingerprint density at radius 1 is 0.561 bits per heavy atom. The smallest absolute Gasteiger partial charge is 0.162 e. The molecule has 0 aromatic carbocycles. The molecule has 0 amide bonds. The molecule has 0 aliphatic carbocycles. The Morgan fingerprint density at radius 2 is 0.927 bits per heavy atom. The molecule has 41 heavy (non-hydrogen) atoms. The number of unbranched alkanes of at least 4 members (excludes halogenated alkanes) is 22. The van der Waals surface area contributed by atoms with Crippen LogP contribution < -0.4 is 5.73 Å². The van der Waals surface area contributed by atoms with Crippen LogP contribution in [0.1, 0.15) is 187 Å². The van der Waals surface area contributed by atoms with Gasteiger partial charge in [-0.05, 0) is 38.5 Å². The van der Waals surface area contributed by atoms with Gasteiger partial charge >= 0.3 is 0 Å². The third-order valence-electron chi connectivity index (χ3n) is 8.52. The molecule has 5 nitrogen and oxygen atoms in total. The fraction of sp³-hybridized carbons (Fsp3) is 0.917. The molecule has 0 saturated carbocycles. The van der Waals surface area contributed by atoms with Crippen molar-refractivity contribution >= 4 is 5.78 Å². The van der Waals surface area contributed by atoms with Crippen molar-refractivity contribution < 1.29 is 20.1 Å². The minimum absolute atomic E-state index is 0.272. The van der Waals surface area contributed by atoms with Crippen LogP contribution in [0.4, 0.5) is 0 Å². The lowest BCUT2D eigenvalue weighted by atomic mass is 9.93. The minimum atomic E-state index is -1.42. The molecule has 0 rings (SSSR count). The Kier molecular flexibility index (Phi) is 30.1. The molecule has 0 aromatic rings. The monoisotopic (exact) mass is 582 g/mol. The van der Waals surface area contributed by atoms with Gasteiger partial charge in [0, 0.05) is 6.42 Å². The SMILES string of the molecule is CCCCCCCC/C=C\CCCCCCCC(=O)C(O)[C@H](N)[C@H](O)[C@H](O)CCCCCCCCCCCCCC. The van der Waals surface area contributed by atoms with Gasteiger partial charge in [0.1, 0.15) is 6.10 Å². The van der Waals surface area contributed by atoms with Gasteiger partial charge in [0.15, 0.2) is 5.78 Å². The summed E-state index contributed by atoms with van der Waals surface area (Å²) in [6, 6.07) is -1.14. The highest BCUT2D eigenvalue weighted by molar-refractivity contribution is 5.83. The van der Waals surface area contributed by atoms with Crippen molar-refractivity contribution in [2.45, 2.75) is 212 Å². The van der Waals surface area contributed by atoms with Crippen LogP contribution in [0, 0.1) is 0 Å². The number of carbonyl (C=O) groups excluding carboxylic acids is 1. The van der Waals surface area contributed by atoms with E-state index in [2.05, 4.69) is 26.0 Å². The summed E-state index contributed by atoms with van der Waals surface area (Å²) in [5, 5.41) is 31.1. The van der Waals surface area contributed by atoms with Gasteiger partial charge in [-0.3, -0.25) is 4.79 Å². The highest BCUT2D eigenvalue weighted by atomic mass is 16.3. The molecule has 0 heterocycles. The number of allylic oxidation sites excluding steroid dienone is 2. The van der Waals surface area contributed by atoms with E-state index in [0.717, 1.165) is 51.4 Å². The van der Waals surface area contributed by atoms with E-state index in [0.29, 0.717) is 6.42 Å². The summed E-state index contributed by atoms with van der Waals surface area (Å²) in [6.45, 7) is 4.50. The predicted molar refractivity (Wildman–Crippen MR) is 176 cm³/mol. The predicted octanol–water partition coefficient (Wildman–Crippen LogP) is 9.09. The Bertz CT molecular complexity index is 582. The summed E-state index contributed by atoms with van der Waals surface area (Å²) in [4.78, 5) is 12.4. The van der Waals surface area contributed by atoms with Crippen LogP contribution in [0.15, 0.2) is 12.2 Å². The van der Waals surface area contributed by atoms with Gasteiger partial charge in [-0.2, -0.15) is 0 Å². The Hall–Kier alpha value is -0.750. The number of hydrogen-bond donors (Lipinski definition) is 4. The summed E-state index contributed by atoms with van der Waals surface area (Å²) < 4.78 is 0. The number of nitrogens with two attached hydrogens (primary N) is 1. The van der Waals surface area contributed by atoms with E-state index in [1.807, 2.05) is 0 Å². The molecule has 0 fully saturated rings. The average molecular weight is 582 g/mol. The van der Waals surface area contributed by atoms with Gasteiger partial charge < -0.3 is 21.1 Å². The summed E-state index contributed by atoms with van der Waals surface area (Å²) in [5.74, 6) is -0.327. The van der Waals surface area contributed by atoms with E-state index < -0.39 is 24.4 Å². The van der Waals surface area contributed by atoms with E-state index in [1.165, 1.54) is 109 Å². The van der Waals surface area contributed by atoms with Crippen LogP contribution in [-0.2, 0) is 4.79 Å². The standard InChI is InChI=1S/C36H71NO4/c1-3-5-7-9-11-13-15-17-18-19-21-23-25-27-29-31-33(39)36(41)34(37)35(40)32(38)30-28-26-24-22-20-16-14-12-10-8-6-4-2/h17-18,32,34-36,38,40-41H,3-16,19-31,37H2,1-2H3/b18-17-/t32-,34-,35-,36?/m1/s1. The van der Waals surface area contributed by atoms with Crippen LogP contribution in [0.5, 0.6) is 0 Å². The van der Waals surface area contributed by atoms with Crippen molar-refractivity contribution in [2.24, 2.45) is 5.73 Å². The Balaban J connectivity index is 3.73. The van der Waals surface area contributed by atoms with Crippen LogP contribution in [0.2, 0.25) is 0 Å². The van der Waals surface area contributed by atoms with Gasteiger partial charge in [-0.25, -0.2) is 0 Å². The second kappa shape index (κ2) is 30.7.